The Balaban J connectivity index is 2.27. The average Bonchev–Trinajstić information content (AvgIpc) is 2.87. The fourth-order valence-electron chi connectivity index (χ4n) is 2.62. The lowest BCUT2D eigenvalue weighted by atomic mass is 10.1. The van der Waals surface area contributed by atoms with Gasteiger partial charge in [-0.2, -0.15) is 0 Å². The van der Waals surface area contributed by atoms with Gasteiger partial charge < -0.3 is 9.14 Å². The van der Waals surface area contributed by atoms with E-state index < -0.39 is 17.8 Å². The van der Waals surface area contributed by atoms with Gasteiger partial charge in [-0.05, 0) is 18.2 Å². The van der Waals surface area contributed by atoms with Crippen LogP contribution in [0, 0.1) is 0 Å². The third-order valence-corrected chi connectivity index (χ3v) is 3.58. The highest BCUT2D eigenvalue weighted by molar-refractivity contribution is 6.12. The van der Waals surface area contributed by atoms with E-state index in [0.717, 1.165) is 10.9 Å². The van der Waals surface area contributed by atoms with Crippen molar-refractivity contribution in [3.05, 3.63) is 53.7 Å². The van der Waals surface area contributed by atoms with Crippen molar-refractivity contribution >= 4 is 34.2 Å². The summed E-state index contributed by atoms with van der Waals surface area (Å²) in [6.45, 7) is 1.27. The molecule has 0 aliphatic rings. The Labute approximate surface area is 131 Å². The number of imide groups is 1. The van der Waals surface area contributed by atoms with Crippen LogP contribution in [-0.2, 0) is 9.53 Å². The zero-order valence-electron chi connectivity index (χ0n) is 12.6. The number of carbonyl (C=O) groups excluding carboxylic acids is 3. The number of carbonyl (C=O) groups is 3. The Kier molecular flexibility index (Phi) is 3.57. The summed E-state index contributed by atoms with van der Waals surface area (Å²) in [4.78, 5) is 35.1. The number of esters is 1. The molecule has 0 bridgehead atoms. The molecule has 3 rings (SSSR count). The Hall–Kier alpha value is -3.15. The van der Waals surface area contributed by atoms with E-state index in [0.29, 0.717) is 16.6 Å². The second-order valence-corrected chi connectivity index (χ2v) is 5.07. The van der Waals surface area contributed by atoms with E-state index in [4.69, 9.17) is 4.74 Å². The van der Waals surface area contributed by atoms with Gasteiger partial charge in [-0.1, -0.05) is 18.2 Å². The number of amides is 2. The second kappa shape index (κ2) is 5.57. The number of hydrogen-bond acceptors (Lipinski definition) is 4. The van der Waals surface area contributed by atoms with E-state index in [-0.39, 0.29) is 0 Å². The smallest absolute Gasteiger partial charge is 0.340 e. The van der Waals surface area contributed by atoms with Crippen LogP contribution >= 0.6 is 0 Å². The molecule has 0 spiro atoms. The molecule has 2 aromatic heterocycles. The summed E-state index contributed by atoms with van der Waals surface area (Å²) >= 11 is 0. The predicted octanol–water partition coefficient (Wildman–Crippen LogP) is 2.16. The number of methoxy groups -OCH3 is 1. The molecule has 0 radical (unpaired) electrons. The summed E-state index contributed by atoms with van der Waals surface area (Å²) in [5.41, 5.74) is 2.18. The van der Waals surface area contributed by atoms with Crippen LogP contribution in [0.4, 0.5) is 0 Å². The topological polar surface area (TPSA) is 76.9 Å². The number of fused-ring (bicyclic) bond motifs is 3. The molecule has 2 heterocycles. The minimum Gasteiger partial charge on any atom is -0.465 e. The van der Waals surface area contributed by atoms with Gasteiger partial charge in [0.1, 0.15) is 0 Å². The van der Waals surface area contributed by atoms with Crippen molar-refractivity contribution in [1.29, 1.82) is 0 Å². The van der Waals surface area contributed by atoms with Crippen LogP contribution in [0.1, 0.15) is 27.6 Å². The molecular formula is C17H14N2O4. The van der Waals surface area contributed by atoms with Gasteiger partial charge in [-0.15, -0.1) is 0 Å². The Morgan fingerprint density at radius 2 is 1.78 bits per heavy atom. The first-order valence-electron chi connectivity index (χ1n) is 6.96. The van der Waals surface area contributed by atoms with E-state index in [9.17, 15) is 14.4 Å². The molecule has 0 aliphatic carbocycles. The molecule has 1 aromatic carbocycles. The van der Waals surface area contributed by atoms with Crippen molar-refractivity contribution < 1.29 is 19.1 Å². The predicted molar refractivity (Wildman–Crippen MR) is 84.4 cm³/mol. The number of hydrogen-bond donors (Lipinski definition) is 1. The molecule has 0 saturated carbocycles. The van der Waals surface area contributed by atoms with Crippen LogP contribution in [0.5, 0.6) is 0 Å². The molecule has 0 saturated heterocycles. The van der Waals surface area contributed by atoms with Gasteiger partial charge in [0.05, 0.1) is 29.3 Å². The Bertz CT molecular complexity index is 956. The van der Waals surface area contributed by atoms with E-state index in [1.165, 1.54) is 14.0 Å². The van der Waals surface area contributed by atoms with E-state index in [1.54, 1.807) is 22.7 Å². The van der Waals surface area contributed by atoms with Crippen LogP contribution in [0.25, 0.3) is 16.4 Å². The van der Waals surface area contributed by atoms with Crippen molar-refractivity contribution in [1.82, 2.24) is 9.72 Å². The Morgan fingerprint density at radius 3 is 2.48 bits per heavy atom. The molecule has 23 heavy (non-hydrogen) atoms. The van der Waals surface area contributed by atoms with Crippen molar-refractivity contribution in [2.24, 2.45) is 0 Å². The third kappa shape index (κ3) is 2.44. The lowest BCUT2D eigenvalue weighted by Gasteiger charge is -2.04. The van der Waals surface area contributed by atoms with Crippen LogP contribution in [0.15, 0.2) is 42.6 Å². The van der Waals surface area contributed by atoms with Crippen LogP contribution < -0.4 is 5.32 Å². The number of para-hydroxylation sites is 1. The maximum Gasteiger partial charge on any atom is 0.340 e. The number of rotatable bonds is 2. The normalized spacial score (nSPS) is 10.7. The summed E-state index contributed by atoms with van der Waals surface area (Å²) in [7, 11) is 1.33. The first-order valence-corrected chi connectivity index (χ1v) is 6.96. The lowest BCUT2D eigenvalue weighted by molar-refractivity contribution is -0.118. The van der Waals surface area contributed by atoms with Gasteiger partial charge in [0.2, 0.25) is 5.91 Å². The molecule has 2 amide bonds. The highest BCUT2D eigenvalue weighted by atomic mass is 16.5. The quantitative estimate of drug-likeness (QED) is 0.736. The molecule has 0 fully saturated rings. The van der Waals surface area contributed by atoms with Crippen molar-refractivity contribution in [3.8, 4) is 0 Å². The van der Waals surface area contributed by atoms with Gasteiger partial charge in [0.25, 0.3) is 5.91 Å². The highest BCUT2D eigenvalue weighted by Gasteiger charge is 2.19. The standard InChI is InChI=1S/C17H14N2O4/c1-10(20)18-16(21)11-7-8-14-15(17(22)23-2)12-5-3-4-6-13(12)19(14)9-11/h3-9H,1-2H3,(H,18,20,21). The average molecular weight is 310 g/mol. The third-order valence-electron chi connectivity index (χ3n) is 3.58. The van der Waals surface area contributed by atoms with Crippen molar-refractivity contribution in [2.45, 2.75) is 6.92 Å². The van der Waals surface area contributed by atoms with Crippen molar-refractivity contribution in [2.75, 3.05) is 7.11 Å². The van der Waals surface area contributed by atoms with E-state index in [2.05, 4.69) is 5.32 Å². The van der Waals surface area contributed by atoms with E-state index >= 15 is 0 Å². The minimum absolute atomic E-state index is 0.324. The van der Waals surface area contributed by atoms with Gasteiger partial charge in [0.15, 0.2) is 0 Å². The van der Waals surface area contributed by atoms with Crippen LogP contribution in [0.3, 0.4) is 0 Å². The lowest BCUT2D eigenvalue weighted by Crippen LogP contribution is -2.28. The van der Waals surface area contributed by atoms with Gasteiger partial charge in [-0.25, -0.2) is 4.79 Å². The zero-order valence-corrected chi connectivity index (χ0v) is 12.6. The Morgan fingerprint density at radius 1 is 1.04 bits per heavy atom. The summed E-state index contributed by atoms with van der Waals surface area (Å²) in [6.07, 6.45) is 1.60. The van der Waals surface area contributed by atoms with Gasteiger partial charge in [-0.3, -0.25) is 14.9 Å². The van der Waals surface area contributed by atoms with Crippen LogP contribution in [-0.4, -0.2) is 29.3 Å². The molecule has 6 heteroatoms. The largest absolute Gasteiger partial charge is 0.465 e. The number of ether oxygens (including phenoxy) is 1. The fourth-order valence-corrected chi connectivity index (χ4v) is 2.62. The molecule has 3 aromatic rings. The number of nitrogens with one attached hydrogen (secondary N) is 1. The molecule has 1 N–H and O–H groups in total. The second-order valence-electron chi connectivity index (χ2n) is 5.07. The maximum atomic E-state index is 12.1. The molecular weight excluding hydrogens is 296 g/mol. The molecule has 0 atom stereocenters. The van der Waals surface area contributed by atoms with Gasteiger partial charge >= 0.3 is 5.97 Å². The first kappa shape index (κ1) is 14.8. The monoisotopic (exact) mass is 310 g/mol. The molecule has 0 unspecified atom stereocenters. The summed E-state index contributed by atoms with van der Waals surface area (Å²) in [5, 5.41) is 2.97. The first-order chi connectivity index (χ1) is 11.0. The maximum absolute atomic E-state index is 12.1. The molecule has 116 valence electrons. The van der Waals surface area contributed by atoms with Crippen LogP contribution in [0.2, 0.25) is 0 Å². The van der Waals surface area contributed by atoms with Gasteiger partial charge in [0, 0.05) is 18.5 Å². The van der Waals surface area contributed by atoms with Crippen molar-refractivity contribution in [3.63, 3.8) is 0 Å². The SMILES string of the molecule is COC(=O)c1c2ccccc2n2cc(C(=O)NC(C)=O)ccc12. The minimum atomic E-state index is -0.489. The summed E-state index contributed by atoms with van der Waals surface area (Å²) in [6, 6.07) is 10.6. The van der Waals surface area contributed by atoms with E-state index in [1.807, 2.05) is 24.3 Å². The zero-order chi connectivity index (χ0) is 16.6. The highest BCUT2D eigenvalue weighted by Crippen LogP contribution is 2.27. The number of pyridine rings is 1. The fraction of sp³-hybridized carbons (Fsp3) is 0.118. The molecule has 0 aliphatic heterocycles. The summed E-state index contributed by atoms with van der Waals surface area (Å²) in [5.74, 6) is -1.36. The number of benzene rings is 1. The number of nitrogens with zero attached hydrogens (tertiary/aromatic N) is 1. The summed E-state index contributed by atoms with van der Waals surface area (Å²) < 4.78 is 6.61. The molecule has 6 nitrogen and oxygen atoms in total. The number of aromatic nitrogens is 1.